The van der Waals surface area contributed by atoms with Crippen LogP contribution in [0.1, 0.15) is 77.6 Å². The fourth-order valence-electron chi connectivity index (χ4n) is 9.69. The van der Waals surface area contributed by atoms with E-state index in [1.807, 2.05) is 18.2 Å². The third-order valence-electron chi connectivity index (χ3n) is 13.0. The standard InChI is InChI=1S/C43H48F3N9O4/c44-43(45,46)34-23-48-42(51-38(34)33-22-47-35-4-2-1-3-30(33)35)49-28-14-18-53(25-28)17-11-26-9-15-52(16-10-26)24-27-12-19-54(20-13-27)29-5-6-31-32(21-29)41(59)55(40(31)58)36-7-8-37(56)50-39(36)57/h1-6,21-23,26-28,36,47H,7-20,24-25H2,(H,48,49,51)(H,50,56,57)/t28-,36?/m1/s1. The third-order valence-corrected chi connectivity index (χ3v) is 13.0. The second-order valence-electron chi connectivity index (χ2n) is 16.8. The number of H-pyrrole nitrogens is 1. The highest BCUT2D eigenvalue weighted by molar-refractivity contribution is 6.23. The van der Waals surface area contributed by atoms with Gasteiger partial charge in [0.2, 0.25) is 17.8 Å². The number of anilines is 2. The van der Waals surface area contributed by atoms with E-state index in [9.17, 15) is 32.3 Å². The number of aromatic nitrogens is 3. The largest absolute Gasteiger partial charge is 0.419 e. The van der Waals surface area contributed by atoms with Gasteiger partial charge in [-0.3, -0.25) is 29.4 Å². The van der Waals surface area contributed by atoms with Crippen molar-refractivity contribution in [3.05, 3.63) is 71.5 Å². The van der Waals surface area contributed by atoms with Crippen LogP contribution in [-0.4, -0.2) is 118 Å². The molecule has 3 N–H and O–H groups in total. The number of carbonyl (C=O) groups is 4. The molecule has 2 aromatic carbocycles. The molecular weight excluding hydrogens is 764 g/mol. The highest BCUT2D eigenvalue weighted by atomic mass is 19.4. The van der Waals surface area contributed by atoms with Crippen molar-refractivity contribution in [1.82, 2.24) is 35.0 Å². The number of imide groups is 2. The second kappa shape index (κ2) is 16.0. The minimum absolute atomic E-state index is 0.0561. The van der Waals surface area contributed by atoms with Crippen molar-refractivity contribution in [2.24, 2.45) is 11.8 Å². The van der Waals surface area contributed by atoms with E-state index in [0.29, 0.717) is 33.9 Å². The molecule has 13 nitrogen and oxygen atoms in total. The van der Waals surface area contributed by atoms with Crippen LogP contribution in [0.15, 0.2) is 54.9 Å². The second-order valence-corrected chi connectivity index (χ2v) is 16.8. The Bertz CT molecular complexity index is 2260. The Morgan fingerprint density at radius 1 is 0.814 bits per heavy atom. The van der Waals surface area contributed by atoms with Crippen molar-refractivity contribution >= 4 is 46.2 Å². The molecule has 0 saturated carbocycles. The number of nitrogens with zero attached hydrogens (tertiary/aromatic N) is 6. The smallest absolute Gasteiger partial charge is 0.371 e. The Hall–Kier alpha value is -5.35. The van der Waals surface area contributed by atoms with Gasteiger partial charge in [-0.15, -0.1) is 0 Å². The van der Waals surface area contributed by atoms with Crippen molar-refractivity contribution < 1.29 is 32.3 Å². The van der Waals surface area contributed by atoms with Gasteiger partial charge in [0.05, 0.1) is 16.8 Å². The number of aromatic amines is 1. The summed E-state index contributed by atoms with van der Waals surface area (Å²) in [7, 11) is 0. The summed E-state index contributed by atoms with van der Waals surface area (Å²) in [5.74, 6) is -0.511. The fraction of sp³-hybridized carbons (Fsp3) is 0.488. The molecule has 7 heterocycles. The van der Waals surface area contributed by atoms with E-state index in [2.05, 4.69) is 40.3 Å². The summed E-state index contributed by atoms with van der Waals surface area (Å²) in [6.45, 7) is 7.69. The molecule has 4 aromatic rings. The Labute approximate surface area is 339 Å². The molecule has 4 saturated heterocycles. The van der Waals surface area contributed by atoms with Gasteiger partial charge in [0.1, 0.15) is 11.6 Å². The molecule has 1 unspecified atom stereocenters. The molecule has 0 aliphatic carbocycles. The van der Waals surface area contributed by atoms with E-state index in [1.54, 1.807) is 30.5 Å². The van der Waals surface area contributed by atoms with Gasteiger partial charge in [0.25, 0.3) is 11.8 Å². The molecule has 9 rings (SSSR count). The van der Waals surface area contributed by atoms with Crippen LogP contribution in [0.5, 0.6) is 0 Å². The molecule has 4 fully saturated rings. The average molecular weight is 812 g/mol. The van der Waals surface area contributed by atoms with Crippen LogP contribution in [0.2, 0.25) is 0 Å². The summed E-state index contributed by atoms with van der Waals surface area (Å²) in [5.41, 5.74) is 1.67. The van der Waals surface area contributed by atoms with Crippen LogP contribution in [0.3, 0.4) is 0 Å². The first kappa shape index (κ1) is 39.1. The number of amides is 4. The molecule has 4 amide bonds. The Kier molecular flexibility index (Phi) is 10.6. The van der Waals surface area contributed by atoms with Gasteiger partial charge in [0.15, 0.2) is 0 Å². The minimum Gasteiger partial charge on any atom is -0.371 e. The maximum Gasteiger partial charge on any atom is 0.419 e. The van der Waals surface area contributed by atoms with Crippen LogP contribution in [0.4, 0.5) is 24.8 Å². The van der Waals surface area contributed by atoms with Gasteiger partial charge in [0, 0.05) is 79.7 Å². The highest BCUT2D eigenvalue weighted by Crippen LogP contribution is 2.39. The van der Waals surface area contributed by atoms with E-state index in [-0.39, 0.29) is 30.5 Å². The molecule has 310 valence electrons. The van der Waals surface area contributed by atoms with E-state index in [1.165, 1.54) is 12.8 Å². The number of alkyl halides is 3. The zero-order valence-electron chi connectivity index (χ0n) is 32.8. The topological polar surface area (TPSA) is 147 Å². The minimum atomic E-state index is -4.58. The highest BCUT2D eigenvalue weighted by Gasteiger charge is 2.45. The molecule has 0 spiro atoms. The number of fused-ring (bicyclic) bond motifs is 2. The van der Waals surface area contributed by atoms with Gasteiger partial charge in [-0.1, -0.05) is 18.2 Å². The monoisotopic (exact) mass is 811 g/mol. The number of halogens is 3. The van der Waals surface area contributed by atoms with E-state index in [4.69, 9.17) is 0 Å². The number of carbonyl (C=O) groups excluding carboxylic acids is 4. The van der Waals surface area contributed by atoms with E-state index < -0.39 is 41.4 Å². The number of hydrogen-bond acceptors (Lipinski definition) is 10. The normalized spacial score (nSPS) is 22.8. The van der Waals surface area contributed by atoms with Gasteiger partial charge < -0.3 is 25.0 Å². The quantitative estimate of drug-likeness (QED) is 0.174. The molecule has 59 heavy (non-hydrogen) atoms. The lowest BCUT2D eigenvalue weighted by Crippen LogP contribution is -2.54. The molecule has 2 aromatic heterocycles. The summed E-state index contributed by atoms with van der Waals surface area (Å²) in [6, 6.07) is 11.7. The average Bonchev–Trinajstić information content (AvgIpc) is 3.93. The summed E-state index contributed by atoms with van der Waals surface area (Å²) in [6.07, 6.45) is 4.52. The Morgan fingerprint density at radius 2 is 1.56 bits per heavy atom. The molecular formula is C43H48F3N9O4. The summed E-state index contributed by atoms with van der Waals surface area (Å²) >= 11 is 0. The number of likely N-dealkylation sites (tertiary alicyclic amines) is 2. The maximum absolute atomic E-state index is 14.0. The van der Waals surface area contributed by atoms with E-state index in [0.717, 1.165) is 100 Å². The number of benzene rings is 2. The first-order chi connectivity index (χ1) is 28.5. The van der Waals surface area contributed by atoms with Crippen LogP contribution < -0.4 is 15.5 Å². The summed E-state index contributed by atoms with van der Waals surface area (Å²) in [5, 5.41) is 6.25. The van der Waals surface area contributed by atoms with Crippen molar-refractivity contribution in [3.8, 4) is 11.3 Å². The summed E-state index contributed by atoms with van der Waals surface area (Å²) < 4.78 is 42.1. The van der Waals surface area contributed by atoms with Crippen molar-refractivity contribution in [3.63, 3.8) is 0 Å². The molecule has 16 heteroatoms. The predicted molar refractivity (Wildman–Crippen MR) is 215 cm³/mol. The summed E-state index contributed by atoms with van der Waals surface area (Å²) in [4.78, 5) is 70.4. The van der Waals surface area contributed by atoms with Gasteiger partial charge in [-0.05, 0) is 101 Å². The SMILES string of the molecule is O=C1CCC(N2C(=O)c3ccc(N4CCC(CN5CCC(CCN6CC[C@@H](Nc7ncc(C(F)(F)F)c(-c8c[nH]c9ccccc89)n7)C6)CC5)CC4)cc3C2=O)C(=O)N1. The van der Waals surface area contributed by atoms with Crippen molar-refractivity contribution in [1.29, 1.82) is 0 Å². The fourth-order valence-corrected chi connectivity index (χ4v) is 9.69. The Balaban J connectivity index is 0.710. The lowest BCUT2D eigenvalue weighted by Gasteiger charge is -2.38. The number of rotatable bonds is 10. The zero-order valence-corrected chi connectivity index (χ0v) is 32.8. The van der Waals surface area contributed by atoms with Crippen molar-refractivity contribution in [2.75, 3.05) is 62.6 Å². The number of para-hydroxylation sites is 1. The predicted octanol–water partition coefficient (Wildman–Crippen LogP) is 5.55. The zero-order chi connectivity index (χ0) is 40.8. The number of hydrogen-bond donors (Lipinski definition) is 3. The van der Waals surface area contributed by atoms with E-state index >= 15 is 0 Å². The maximum atomic E-state index is 14.0. The van der Waals surface area contributed by atoms with Gasteiger partial charge >= 0.3 is 6.18 Å². The molecule has 0 bridgehead atoms. The molecule has 5 aliphatic heterocycles. The number of piperidine rings is 3. The van der Waals surface area contributed by atoms with Crippen molar-refractivity contribution in [2.45, 2.75) is 69.6 Å². The van der Waals surface area contributed by atoms with Crippen LogP contribution >= 0.6 is 0 Å². The van der Waals surface area contributed by atoms with Gasteiger partial charge in [-0.2, -0.15) is 13.2 Å². The number of nitrogens with one attached hydrogen (secondary N) is 3. The first-order valence-electron chi connectivity index (χ1n) is 20.8. The van der Waals surface area contributed by atoms with Crippen LogP contribution in [0.25, 0.3) is 22.2 Å². The van der Waals surface area contributed by atoms with Gasteiger partial charge in [-0.25, -0.2) is 9.97 Å². The Morgan fingerprint density at radius 3 is 2.34 bits per heavy atom. The molecule has 0 radical (unpaired) electrons. The van der Waals surface area contributed by atoms with Crippen LogP contribution in [-0.2, 0) is 15.8 Å². The molecule has 5 aliphatic rings. The lowest BCUT2D eigenvalue weighted by atomic mass is 9.91. The third kappa shape index (κ3) is 8.04. The lowest BCUT2D eigenvalue weighted by molar-refractivity contribution is -0.138. The molecule has 2 atom stereocenters. The van der Waals surface area contributed by atoms with Crippen LogP contribution in [0, 0.1) is 11.8 Å². The first-order valence-corrected chi connectivity index (χ1v) is 20.8.